The molecule has 0 aliphatic carbocycles. The molecule has 0 atom stereocenters. The van der Waals surface area contributed by atoms with Crippen molar-refractivity contribution in [2.45, 2.75) is 26.2 Å². The molecule has 2 aliphatic heterocycles. The number of hydrogen-bond donors (Lipinski definition) is 3. The van der Waals surface area contributed by atoms with E-state index in [1.54, 1.807) is 7.05 Å². The number of benzene rings is 1. The van der Waals surface area contributed by atoms with Crippen molar-refractivity contribution in [3.8, 4) is 5.75 Å². The Labute approximate surface area is 164 Å². The monoisotopic (exact) mass is 385 g/mol. The van der Waals surface area contributed by atoms with Crippen molar-refractivity contribution in [1.29, 1.82) is 0 Å². The number of rotatable bonds is 4. The number of halogens is 1. The molecule has 7 heteroatoms. The molecule has 1 aromatic heterocycles. The van der Waals surface area contributed by atoms with Crippen molar-refractivity contribution >= 4 is 34.6 Å². The van der Waals surface area contributed by atoms with Crippen LogP contribution in [0.2, 0.25) is 5.02 Å². The van der Waals surface area contributed by atoms with Crippen LogP contribution in [0.25, 0.3) is 5.57 Å². The van der Waals surface area contributed by atoms with Gasteiger partial charge in [0.05, 0.1) is 12.3 Å². The van der Waals surface area contributed by atoms with Crippen LogP contribution in [0.3, 0.4) is 0 Å². The normalized spacial score (nSPS) is 16.2. The molecule has 142 valence electrons. The SMILES string of the molecule is CNc1nc(Nc2cc3c(c(C4=CCNCCC4)c2)OCC3)nc(C)c1Cl. The van der Waals surface area contributed by atoms with Gasteiger partial charge in [0.25, 0.3) is 0 Å². The van der Waals surface area contributed by atoms with Crippen molar-refractivity contribution in [2.75, 3.05) is 37.4 Å². The van der Waals surface area contributed by atoms with Crippen molar-refractivity contribution in [3.63, 3.8) is 0 Å². The fraction of sp³-hybridized carbons (Fsp3) is 0.400. The summed E-state index contributed by atoms with van der Waals surface area (Å²) in [6, 6.07) is 4.28. The third kappa shape index (κ3) is 3.73. The number of ether oxygens (including phenoxy) is 1. The minimum absolute atomic E-state index is 0.530. The maximum atomic E-state index is 6.24. The van der Waals surface area contributed by atoms with Crippen molar-refractivity contribution < 1.29 is 4.74 Å². The topological polar surface area (TPSA) is 71.1 Å². The van der Waals surface area contributed by atoms with E-state index < -0.39 is 0 Å². The van der Waals surface area contributed by atoms with Crippen molar-refractivity contribution in [2.24, 2.45) is 0 Å². The molecule has 0 spiro atoms. The van der Waals surface area contributed by atoms with Crippen LogP contribution in [0.1, 0.15) is 29.7 Å². The van der Waals surface area contributed by atoms with Crippen LogP contribution in [0.15, 0.2) is 18.2 Å². The first kappa shape index (κ1) is 18.1. The number of aryl methyl sites for hydroxylation is 1. The number of aromatic nitrogens is 2. The fourth-order valence-electron chi connectivity index (χ4n) is 3.58. The lowest BCUT2D eigenvalue weighted by Crippen LogP contribution is -2.12. The minimum atomic E-state index is 0.530. The zero-order chi connectivity index (χ0) is 18.8. The highest BCUT2D eigenvalue weighted by molar-refractivity contribution is 6.33. The van der Waals surface area contributed by atoms with Gasteiger partial charge in [-0.15, -0.1) is 0 Å². The predicted molar refractivity (Wildman–Crippen MR) is 110 cm³/mol. The lowest BCUT2D eigenvalue weighted by molar-refractivity contribution is 0.356. The van der Waals surface area contributed by atoms with E-state index in [9.17, 15) is 0 Å². The van der Waals surface area contributed by atoms with Crippen LogP contribution in [0, 0.1) is 6.92 Å². The average Bonchev–Trinajstić information content (AvgIpc) is 2.96. The van der Waals surface area contributed by atoms with Gasteiger partial charge in [0, 0.05) is 36.8 Å². The van der Waals surface area contributed by atoms with Gasteiger partial charge >= 0.3 is 0 Å². The molecule has 4 rings (SSSR count). The van der Waals surface area contributed by atoms with Gasteiger partial charge in [-0.25, -0.2) is 4.98 Å². The molecule has 3 N–H and O–H groups in total. The molecular formula is C20H24ClN5O. The number of nitrogens with zero attached hydrogens (tertiary/aromatic N) is 2. The molecule has 2 aromatic rings. The fourth-order valence-corrected chi connectivity index (χ4v) is 3.76. The zero-order valence-electron chi connectivity index (χ0n) is 15.7. The lowest BCUT2D eigenvalue weighted by atomic mass is 9.97. The average molecular weight is 386 g/mol. The molecule has 0 radical (unpaired) electrons. The Kier molecular flexibility index (Phi) is 5.18. The second-order valence-corrected chi connectivity index (χ2v) is 7.20. The summed E-state index contributed by atoms with van der Waals surface area (Å²) >= 11 is 6.24. The van der Waals surface area contributed by atoms with Crippen LogP contribution >= 0.6 is 11.6 Å². The first-order chi connectivity index (χ1) is 13.2. The summed E-state index contributed by atoms with van der Waals surface area (Å²) < 4.78 is 5.95. The largest absolute Gasteiger partial charge is 0.492 e. The van der Waals surface area contributed by atoms with E-state index in [-0.39, 0.29) is 0 Å². The molecule has 0 saturated carbocycles. The second kappa shape index (κ2) is 7.74. The zero-order valence-corrected chi connectivity index (χ0v) is 16.4. The summed E-state index contributed by atoms with van der Waals surface area (Å²) in [5, 5.41) is 10.3. The van der Waals surface area contributed by atoms with Crippen LogP contribution < -0.4 is 20.7 Å². The van der Waals surface area contributed by atoms with Gasteiger partial charge in [-0.2, -0.15) is 4.98 Å². The number of fused-ring (bicyclic) bond motifs is 1. The lowest BCUT2D eigenvalue weighted by Gasteiger charge is -2.15. The van der Waals surface area contributed by atoms with Gasteiger partial charge in [-0.3, -0.25) is 0 Å². The molecule has 0 saturated heterocycles. The van der Waals surface area contributed by atoms with E-state index in [0.717, 1.165) is 56.1 Å². The van der Waals surface area contributed by atoms with E-state index in [2.05, 4.69) is 44.1 Å². The molecule has 0 bridgehead atoms. The maximum absolute atomic E-state index is 6.24. The van der Waals surface area contributed by atoms with E-state index in [0.29, 0.717) is 16.8 Å². The molecule has 0 unspecified atom stereocenters. The Morgan fingerprint density at radius 1 is 1.22 bits per heavy atom. The number of allylic oxidation sites excluding steroid dienone is 1. The molecule has 27 heavy (non-hydrogen) atoms. The number of anilines is 3. The van der Waals surface area contributed by atoms with Crippen LogP contribution in [0.5, 0.6) is 5.75 Å². The van der Waals surface area contributed by atoms with Gasteiger partial charge in [0.2, 0.25) is 5.95 Å². The molecule has 1 aromatic carbocycles. The summed E-state index contributed by atoms with van der Waals surface area (Å²) in [4.78, 5) is 8.95. The van der Waals surface area contributed by atoms with Gasteiger partial charge < -0.3 is 20.7 Å². The Morgan fingerprint density at radius 3 is 2.96 bits per heavy atom. The Bertz CT molecular complexity index is 896. The first-order valence-corrected chi connectivity index (χ1v) is 9.72. The van der Waals surface area contributed by atoms with E-state index in [4.69, 9.17) is 16.3 Å². The Balaban J connectivity index is 1.71. The summed E-state index contributed by atoms with van der Waals surface area (Å²) in [6.07, 6.45) is 5.37. The minimum Gasteiger partial charge on any atom is -0.492 e. The second-order valence-electron chi connectivity index (χ2n) is 6.82. The third-order valence-corrected chi connectivity index (χ3v) is 5.38. The Hall–Kier alpha value is -2.31. The highest BCUT2D eigenvalue weighted by Crippen LogP contribution is 2.39. The van der Waals surface area contributed by atoms with Gasteiger partial charge in [-0.05, 0) is 44.0 Å². The van der Waals surface area contributed by atoms with Gasteiger partial charge in [-0.1, -0.05) is 17.7 Å². The van der Waals surface area contributed by atoms with Crippen LogP contribution in [0.4, 0.5) is 17.5 Å². The summed E-state index contributed by atoms with van der Waals surface area (Å²) in [5.41, 5.74) is 5.45. The Morgan fingerprint density at radius 2 is 2.11 bits per heavy atom. The summed E-state index contributed by atoms with van der Waals surface area (Å²) in [5.74, 6) is 2.18. The predicted octanol–water partition coefficient (Wildman–Crippen LogP) is 3.93. The van der Waals surface area contributed by atoms with Crippen molar-refractivity contribution in [3.05, 3.63) is 40.1 Å². The van der Waals surface area contributed by atoms with Gasteiger partial charge in [0.15, 0.2) is 5.82 Å². The number of hydrogen-bond acceptors (Lipinski definition) is 6. The summed E-state index contributed by atoms with van der Waals surface area (Å²) in [6.45, 7) is 4.55. The highest BCUT2D eigenvalue weighted by atomic mass is 35.5. The van der Waals surface area contributed by atoms with Crippen LogP contribution in [-0.2, 0) is 6.42 Å². The standard InChI is InChI=1S/C20H24ClN5O/c1-12-17(21)19(22-2)26-20(24-12)25-15-10-14-6-9-27-18(14)16(11-15)13-4-3-7-23-8-5-13/h5,10-11,23H,3-4,6-9H2,1-2H3,(H2,22,24,25,26). The van der Waals surface area contributed by atoms with E-state index in [1.165, 1.54) is 16.7 Å². The van der Waals surface area contributed by atoms with E-state index in [1.807, 2.05) is 6.92 Å². The van der Waals surface area contributed by atoms with Crippen molar-refractivity contribution in [1.82, 2.24) is 15.3 Å². The molecule has 0 fully saturated rings. The molecule has 0 amide bonds. The van der Waals surface area contributed by atoms with Gasteiger partial charge in [0.1, 0.15) is 10.8 Å². The quantitative estimate of drug-likeness (QED) is 0.740. The molecule has 6 nitrogen and oxygen atoms in total. The smallest absolute Gasteiger partial charge is 0.229 e. The number of nitrogens with one attached hydrogen (secondary N) is 3. The maximum Gasteiger partial charge on any atom is 0.229 e. The first-order valence-electron chi connectivity index (χ1n) is 9.34. The van der Waals surface area contributed by atoms with E-state index >= 15 is 0 Å². The molecule has 3 heterocycles. The van der Waals surface area contributed by atoms with Crippen LogP contribution in [-0.4, -0.2) is 36.7 Å². The molecule has 2 aliphatic rings. The highest BCUT2D eigenvalue weighted by Gasteiger charge is 2.21. The molecular weight excluding hydrogens is 362 g/mol. The third-order valence-electron chi connectivity index (χ3n) is 4.93. The summed E-state index contributed by atoms with van der Waals surface area (Å²) in [7, 11) is 1.80.